The highest BCUT2D eigenvalue weighted by Gasteiger charge is 2.55. The lowest BCUT2D eigenvalue weighted by atomic mass is 9.81. The first kappa shape index (κ1) is 16.9. The van der Waals surface area contributed by atoms with Crippen LogP contribution in [-0.2, 0) is 4.79 Å². The maximum atomic E-state index is 12.7. The van der Waals surface area contributed by atoms with Gasteiger partial charge in [-0.05, 0) is 38.7 Å². The van der Waals surface area contributed by atoms with Crippen molar-refractivity contribution in [3.05, 3.63) is 35.6 Å². The fourth-order valence-electron chi connectivity index (χ4n) is 4.74. The number of rotatable bonds is 3. The van der Waals surface area contributed by atoms with Gasteiger partial charge in [-0.3, -0.25) is 4.79 Å². The molecule has 0 spiro atoms. The highest BCUT2D eigenvalue weighted by molar-refractivity contribution is 5.83. The predicted octanol–water partition coefficient (Wildman–Crippen LogP) is 3.70. The maximum Gasteiger partial charge on any atom is 0.318 e. The molecule has 2 N–H and O–H groups in total. The van der Waals surface area contributed by atoms with Crippen molar-refractivity contribution in [2.75, 3.05) is 13.1 Å². The molecule has 4 rings (SSSR count). The second-order valence-corrected chi connectivity index (χ2v) is 7.69. The van der Waals surface area contributed by atoms with Crippen LogP contribution in [0.15, 0.2) is 28.7 Å². The first-order valence-electron chi connectivity index (χ1n) is 9.19. The largest absolute Gasteiger partial charge is 0.481 e. The number of aliphatic carboxylic acids is 1. The van der Waals surface area contributed by atoms with Crippen molar-refractivity contribution < 1.29 is 19.1 Å². The average molecular weight is 356 g/mol. The Bertz CT molecular complexity index is 874. The second kappa shape index (κ2) is 6.04. The molecule has 3 atom stereocenters. The third-order valence-corrected chi connectivity index (χ3v) is 6.20. The zero-order chi connectivity index (χ0) is 18.5. The van der Waals surface area contributed by atoms with Gasteiger partial charge in [0.2, 0.25) is 0 Å². The number of carbonyl (C=O) groups is 2. The molecule has 0 bridgehead atoms. The van der Waals surface area contributed by atoms with Crippen LogP contribution < -0.4 is 5.32 Å². The number of carboxylic acids is 1. The van der Waals surface area contributed by atoms with Crippen LogP contribution in [0, 0.1) is 18.3 Å². The molecule has 2 amide bonds. The number of likely N-dealkylation sites (tertiary alicyclic amines) is 1. The zero-order valence-electron chi connectivity index (χ0n) is 15.1. The Morgan fingerprint density at radius 1 is 1.38 bits per heavy atom. The van der Waals surface area contributed by atoms with Crippen molar-refractivity contribution >= 4 is 23.0 Å². The molecule has 1 saturated heterocycles. The van der Waals surface area contributed by atoms with E-state index in [2.05, 4.69) is 5.32 Å². The third-order valence-electron chi connectivity index (χ3n) is 6.20. The smallest absolute Gasteiger partial charge is 0.318 e. The first-order chi connectivity index (χ1) is 12.4. The van der Waals surface area contributed by atoms with Gasteiger partial charge in [0.15, 0.2) is 0 Å². The lowest BCUT2D eigenvalue weighted by molar-refractivity contribution is -0.149. The summed E-state index contributed by atoms with van der Waals surface area (Å²) in [6.45, 7) is 4.70. The van der Waals surface area contributed by atoms with Crippen molar-refractivity contribution in [3.63, 3.8) is 0 Å². The van der Waals surface area contributed by atoms with Gasteiger partial charge in [0.05, 0.1) is 11.5 Å². The van der Waals surface area contributed by atoms with Crippen molar-refractivity contribution in [2.24, 2.45) is 11.3 Å². The summed E-state index contributed by atoms with van der Waals surface area (Å²) in [6.07, 6.45) is 2.48. The van der Waals surface area contributed by atoms with Gasteiger partial charge in [-0.2, -0.15) is 0 Å². The maximum absolute atomic E-state index is 12.7. The number of carboxylic acid groups (broad SMARTS) is 1. The summed E-state index contributed by atoms with van der Waals surface area (Å²) in [7, 11) is 0. The molecule has 0 unspecified atom stereocenters. The van der Waals surface area contributed by atoms with Crippen LogP contribution in [0.4, 0.5) is 4.79 Å². The number of hydrogen-bond donors (Lipinski definition) is 2. The molecular weight excluding hydrogens is 332 g/mol. The van der Waals surface area contributed by atoms with Crippen LogP contribution in [0.25, 0.3) is 11.0 Å². The van der Waals surface area contributed by atoms with Gasteiger partial charge < -0.3 is 19.7 Å². The van der Waals surface area contributed by atoms with Gasteiger partial charge in [-0.1, -0.05) is 24.6 Å². The average Bonchev–Trinajstić information content (AvgIpc) is 3.26. The van der Waals surface area contributed by atoms with E-state index in [1.807, 2.05) is 38.1 Å². The number of nitrogens with zero attached hydrogens (tertiary/aromatic N) is 1. The second-order valence-electron chi connectivity index (χ2n) is 7.69. The molecule has 138 valence electrons. The van der Waals surface area contributed by atoms with Crippen LogP contribution in [0.3, 0.4) is 0 Å². The topological polar surface area (TPSA) is 82.8 Å². The Morgan fingerprint density at radius 2 is 2.15 bits per heavy atom. The van der Waals surface area contributed by atoms with Crippen LogP contribution in [0.1, 0.15) is 43.6 Å². The van der Waals surface area contributed by atoms with E-state index in [-0.39, 0.29) is 18.0 Å². The van der Waals surface area contributed by atoms with E-state index in [0.717, 1.165) is 35.1 Å². The molecule has 0 radical (unpaired) electrons. The number of amides is 2. The van der Waals surface area contributed by atoms with E-state index >= 15 is 0 Å². The highest BCUT2D eigenvalue weighted by atomic mass is 16.4. The molecular formula is C20H24N2O4. The minimum Gasteiger partial charge on any atom is -0.481 e. The number of carbonyl (C=O) groups excluding carboxylic acids is 1. The van der Waals surface area contributed by atoms with Crippen LogP contribution in [0.5, 0.6) is 0 Å². The SMILES string of the molecule is Cc1c([C@@H](C)NC(=O)N2C[C@@H]3CCC[C@@]3(C(=O)O)C2)oc2ccccc12. The molecule has 26 heavy (non-hydrogen) atoms. The zero-order valence-corrected chi connectivity index (χ0v) is 15.1. The summed E-state index contributed by atoms with van der Waals surface area (Å²) in [4.78, 5) is 26.2. The summed E-state index contributed by atoms with van der Waals surface area (Å²) in [5.74, 6) is 0.0392. The van der Waals surface area contributed by atoms with Crippen molar-refractivity contribution in [1.29, 1.82) is 0 Å². The molecule has 1 aromatic heterocycles. The molecule has 1 aliphatic heterocycles. The molecule has 2 fully saturated rings. The molecule has 2 aliphatic rings. The van der Waals surface area contributed by atoms with E-state index in [0.29, 0.717) is 19.5 Å². The van der Waals surface area contributed by atoms with Gasteiger partial charge in [0.1, 0.15) is 11.3 Å². The lowest BCUT2D eigenvalue weighted by Crippen LogP contribution is -2.42. The summed E-state index contributed by atoms with van der Waals surface area (Å²) in [5.41, 5.74) is 1.07. The minimum absolute atomic E-state index is 0.0639. The summed E-state index contributed by atoms with van der Waals surface area (Å²) < 4.78 is 5.93. The number of para-hydroxylation sites is 1. The summed E-state index contributed by atoms with van der Waals surface area (Å²) >= 11 is 0. The number of benzene rings is 1. The number of furan rings is 1. The molecule has 1 saturated carbocycles. The van der Waals surface area contributed by atoms with Crippen molar-refractivity contribution in [2.45, 2.75) is 39.2 Å². The van der Waals surface area contributed by atoms with Gasteiger partial charge in [-0.25, -0.2) is 4.79 Å². The van der Waals surface area contributed by atoms with Crippen LogP contribution in [-0.4, -0.2) is 35.1 Å². The highest BCUT2D eigenvalue weighted by Crippen LogP contribution is 2.48. The third kappa shape index (κ3) is 2.47. The van der Waals surface area contributed by atoms with Gasteiger partial charge in [0.25, 0.3) is 0 Å². The van der Waals surface area contributed by atoms with Gasteiger partial charge in [0, 0.05) is 24.0 Å². The quantitative estimate of drug-likeness (QED) is 0.878. The number of urea groups is 1. The van der Waals surface area contributed by atoms with E-state index in [1.165, 1.54) is 0 Å². The fraction of sp³-hybridized carbons (Fsp3) is 0.500. The van der Waals surface area contributed by atoms with Gasteiger partial charge >= 0.3 is 12.0 Å². The predicted molar refractivity (Wildman–Crippen MR) is 96.9 cm³/mol. The molecule has 2 heterocycles. The van der Waals surface area contributed by atoms with E-state index in [1.54, 1.807) is 4.90 Å². The van der Waals surface area contributed by atoms with E-state index < -0.39 is 11.4 Å². The van der Waals surface area contributed by atoms with Crippen LogP contribution >= 0.6 is 0 Å². The van der Waals surface area contributed by atoms with Gasteiger partial charge in [-0.15, -0.1) is 0 Å². The monoisotopic (exact) mass is 356 g/mol. The van der Waals surface area contributed by atoms with E-state index in [4.69, 9.17) is 4.42 Å². The Kier molecular flexibility index (Phi) is 3.93. The van der Waals surface area contributed by atoms with E-state index in [9.17, 15) is 14.7 Å². The number of hydrogen-bond acceptors (Lipinski definition) is 3. The molecule has 6 nitrogen and oxygen atoms in total. The Labute approximate surface area is 152 Å². The molecule has 1 aliphatic carbocycles. The van der Waals surface area contributed by atoms with Crippen molar-refractivity contribution in [1.82, 2.24) is 10.2 Å². The molecule has 1 aromatic carbocycles. The summed E-state index contributed by atoms with van der Waals surface area (Å²) in [5, 5.41) is 13.7. The fourth-order valence-corrected chi connectivity index (χ4v) is 4.74. The minimum atomic E-state index is -0.767. The number of nitrogens with one attached hydrogen (secondary N) is 1. The Morgan fingerprint density at radius 3 is 2.85 bits per heavy atom. The van der Waals surface area contributed by atoms with Crippen molar-refractivity contribution in [3.8, 4) is 0 Å². The Hall–Kier alpha value is -2.50. The number of aryl methyl sites for hydroxylation is 1. The standard InChI is InChI=1S/C20H24N2O4/c1-12-15-7-3-4-8-16(15)26-17(12)13(2)21-19(25)22-10-14-6-5-9-20(14,11-22)18(23)24/h3-4,7-8,13-14H,5-6,9-11H2,1-2H3,(H,21,25)(H,23,24)/t13-,14+,20-/m1/s1. The van der Waals surface area contributed by atoms with Crippen LogP contribution in [0.2, 0.25) is 0 Å². The Balaban J connectivity index is 1.50. The normalized spacial score (nSPS) is 26.1. The number of fused-ring (bicyclic) bond motifs is 2. The molecule has 6 heteroatoms. The lowest BCUT2D eigenvalue weighted by Gasteiger charge is -2.24. The molecule has 2 aromatic rings. The first-order valence-corrected chi connectivity index (χ1v) is 9.19. The summed E-state index contributed by atoms with van der Waals surface area (Å²) in [6, 6.07) is 7.31.